The van der Waals surface area contributed by atoms with Crippen LogP contribution in [0.1, 0.15) is 27.7 Å². The molecule has 1 N–H and O–H groups in total. The van der Waals surface area contributed by atoms with Gasteiger partial charge in [-0.3, -0.25) is 5.32 Å². The number of hydrogen-bond acceptors (Lipinski definition) is 4. The first-order valence-electron chi connectivity index (χ1n) is 4.77. The average molecular weight is 201 g/mol. The van der Waals surface area contributed by atoms with Crippen LogP contribution in [0.3, 0.4) is 0 Å². The lowest BCUT2D eigenvalue weighted by Crippen LogP contribution is -2.52. The second kappa shape index (κ2) is 3.51. The predicted molar refractivity (Wildman–Crippen MR) is 52.8 cm³/mol. The lowest BCUT2D eigenvalue weighted by Gasteiger charge is -2.28. The van der Waals surface area contributed by atoms with Gasteiger partial charge in [-0.05, 0) is 6.92 Å². The summed E-state index contributed by atoms with van der Waals surface area (Å²) in [4.78, 5) is 11.4. The predicted octanol–water partition coefficient (Wildman–Crippen LogP) is 0.910. The summed E-state index contributed by atoms with van der Waals surface area (Å²) < 4.78 is 10.3. The molecule has 1 aliphatic heterocycles. The van der Waals surface area contributed by atoms with E-state index in [-0.39, 0.29) is 17.6 Å². The van der Waals surface area contributed by atoms with Gasteiger partial charge in [-0.1, -0.05) is 20.8 Å². The molecule has 0 aromatic rings. The molecule has 0 spiro atoms. The molecular formula is C10H19NO3. The third-order valence-corrected chi connectivity index (χ3v) is 2.41. The normalized spacial score (nSPS) is 33.1. The van der Waals surface area contributed by atoms with Gasteiger partial charge in [0.1, 0.15) is 11.8 Å². The summed E-state index contributed by atoms with van der Waals surface area (Å²) in [7, 11) is 1.39. The van der Waals surface area contributed by atoms with E-state index in [1.165, 1.54) is 7.11 Å². The topological polar surface area (TPSA) is 47.6 Å². The SMILES string of the molecule is COC(=O)[C@@]1(C)CO[C@@H](C(C)(C)C)N1. The van der Waals surface area contributed by atoms with Crippen LogP contribution in [-0.2, 0) is 14.3 Å². The molecule has 1 fully saturated rings. The van der Waals surface area contributed by atoms with Crippen molar-refractivity contribution in [3.63, 3.8) is 0 Å². The molecule has 2 atom stereocenters. The fourth-order valence-corrected chi connectivity index (χ4v) is 1.43. The van der Waals surface area contributed by atoms with Gasteiger partial charge in [0.25, 0.3) is 0 Å². The quantitative estimate of drug-likeness (QED) is 0.641. The Morgan fingerprint density at radius 2 is 2.14 bits per heavy atom. The molecule has 0 saturated carbocycles. The van der Waals surface area contributed by atoms with Crippen LogP contribution >= 0.6 is 0 Å². The number of rotatable bonds is 1. The number of hydrogen-bond donors (Lipinski definition) is 1. The van der Waals surface area contributed by atoms with Gasteiger partial charge in [-0.2, -0.15) is 0 Å². The van der Waals surface area contributed by atoms with Gasteiger partial charge in [-0.25, -0.2) is 4.79 Å². The lowest BCUT2D eigenvalue weighted by atomic mass is 9.93. The summed E-state index contributed by atoms with van der Waals surface area (Å²) in [5, 5.41) is 3.16. The summed E-state index contributed by atoms with van der Waals surface area (Å²) in [5.41, 5.74) is -0.724. The summed E-state index contributed by atoms with van der Waals surface area (Å²) in [6, 6.07) is 0. The highest BCUT2D eigenvalue weighted by atomic mass is 16.5. The number of carbonyl (C=O) groups is 1. The molecule has 0 bridgehead atoms. The molecule has 0 radical (unpaired) electrons. The molecule has 82 valence electrons. The molecule has 4 nitrogen and oxygen atoms in total. The first kappa shape index (κ1) is 11.5. The van der Waals surface area contributed by atoms with Crippen molar-refractivity contribution in [2.24, 2.45) is 5.41 Å². The Morgan fingerprint density at radius 1 is 1.57 bits per heavy atom. The van der Waals surface area contributed by atoms with Crippen molar-refractivity contribution in [1.29, 1.82) is 0 Å². The van der Waals surface area contributed by atoms with Gasteiger partial charge in [-0.15, -0.1) is 0 Å². The van der Waals surface area contributed by atoms with Crippen LogP contribution in [0.15, 0.2) is 0 Å². The highest BCUT2D eigenvalue weighted by Crippen LogP contribution is 2.28. The molecule has 0 unspecified atom stereocenters. The van der Waals surface area contributed by atoms with Crippen LogP contribution < -0.4 is 5.32 Å². The monoisotopic (exact) mass is 201 g/mol. The second-order valence-electron chi connectivity index (χ2n) is 5.03. The van der Waals surface area contributed by atoms with E-state index in [1.54, 1.807) is 6.92 Å². The highest BCUT2D eigenvalue weighted by molar-refractivity contribution is 5.80. The number of methoxy groups -OCH3 is 1. The van der Waals surface area contributed by atoms with Crippen molar-refractivity contribution in [2.75, 3.05) is 13.7 Å². The number of esters is 1. The van der Waals surface area contributed by atoms with Gasteiger partial charge >= 0.3 is 5.97 Å². The van der Waals surface area contributed by atoms with E-state index in [0.29, 0.717) is 6.61 Å². The number of ether oxygens (including phenoxy) is 2. The molecule has 0 aromatic heterocycles. The van der Waals surface area contributed by atoms with Crippen LogP contribution in [-0.4, -0.2) is 31.5 Å². The largest absolute Gasteiger partial charge is 0.468 e. The van der Waals surface area contributed by atoms with Gasteiger partial charge in [0.15, 0.2) is 0 Å². The van der Waals surface area contributed by atoms with Gasteiger partial charge in [0.05, 0.1) is 13.7 Å². The van der Waals surface area contributed by atoms with E-state index in [0.717, 1.165) is 0 Å². The van der Waals surface area contributed by atoms with Crippen molar-refractivity contribution >= 4 is 5.97 Å². The van der Waals surface area contributed by atoms with E-state index in [1.807, 2.05) is 0 Å². The molecule has 0 amide bonds. The minimum Gasteiger partial charge on any atom is -0.468 e. The standard InChI is InChI=1S/C10H19NO3/c1-9(2,3)7-11-10(4,6-14-7)8(12)13-5/h7,11H,6H2,1-5H3/t7-,10+/m0/s1. The summed E-state index contributed by atoms with van der Waals surface area (Å²) in [5.74, 6) is -0.274. The average Bonchev–Trinajstić information content (AvgIpc) is 2.47. The second-order valence-corrected chi connectivity index (χ2v) is 5.03. The van der Waals surface area contributed by atoms with Crippen molar-refractivity contribution in [1.82, 2.24) is 5.32 Å². The zero-order valence-electron chi connectivity index (χ0n) is 9.51. The minimum atomic E-state index is -0.702. The van der Waals surface area contributed by atoms with E-state index in [2.05, 4.69) is 26.1 Å². The maximum Gasteiger partial charge on any atom is 0.328 e. The maximum atomic E-state index is 11.4. The smallest absolute Gasteiger partial charge is 0.328 e. The molecule has 1 heterocycles. The first-order valence-corrected chi connectivity index (χ1v) is 4.77. The van der Waals surface area contributed by atoms with Crippen LogP contribution in [0, 0.1) is 5.41 Å². The van der Waals surface area contributed by atoms with Gasteiger partial charge in [0.2, 0.25) is 0 Å². The molecule has 1 rings (SSSR count). The van der Waals surface area contributed by atoms with E-state index in [4.69, 9.17) is 9.47 Å². The highest BCUT2D eigenvalue weighted by Gasteiger charge is 2.46. The van der Waals surface area contributed by atoms with E-state index in [9.17, 15) is 4.79 Å². The Morgan fingerprint density at radius 3 is 2.50 bits per heavy atom. The van der Waals surface area contributed by atoms with Crippen molar-refractivity contribution in [2.45, 2.75) is 39.5 Å². The Hall–Kier alpha value is -0.610. The first-order chi connectivity index (χ1) is 6.29. The Bertz CT molecular complexity index is 234. The Balaban J connectivity index is 2.69. The fourth-order valence-electron chi connectivity index (χ4n) is 1.43. The minimum absolute atomic E-state index is 0.0220. The Labute approximate surface area is 85.0 Å². The lowest BCUT2D eigenvalue weighted by molar-refractivity contribution is -0.147. The Kier molecular flexibility index (Phi) is 2.88. The third-order valence-electron chi connectivity index (χ3n) is 2.41. The summed E-state index contributed by atoms with van der Waals surface area (Å²) >= 11 is 0. The molecule has 1 saturated heterocycles. The number of carbonyl (C=O) groups excluding carboxylic acids is 1. The zero-order chi connectivity index (χ0) is 11.0. The van der Waals surface area contributed by atoms with Crippen LogP contribution in [0.25, 0.3) is 0 Å². The molecule has 1 aliphatic rings. The van der Waals surface area contributed by atoms with Crippen molar-refractivity contribution in [3.05, 3.63) is 0 Å². The third kappa shape index (κ3) is 2.07. The molecule has 14 heavy (non-hydrogen) atoms. The summed E-state index contributed by atoms with van der Waals surface area (Å²) in [6.07, 6.45) is -0.105. The molecule has 0 aliphatic carbocycles. The van der Waals surface area contributed by atoms with Crippen LogP contribution in [0.4, 0.5) is 0 Å². The molecule has 0 aromatic carbocycles. The van der Waals surface area contributed by atoms with E-state index < -0.39 is 5.54 Å². The fraction of sp³-hybridized carbons (Fsp3) is 0.900. The summed E-state index contributed by atoms with van der Waals surface area (Å²) in [6.45, 7) is 8.35. The van der Waals surface area contributed by atoms with Gasteiger partial charge in [0, 0.05) is 5.41 Å². The van der Waals surface area contributed by atoms with Crippen molar-refractivity contribution < 1.29 is 14.3 Å². The number of nitrogens with one attached hydrogen (secondary N) is 1. The maximum absolute atomic E-state index is 11.4. The zero-order valence-corrected chi connectivity index (χ0v) is 9.51. The molecular weight excluding hydrogens is 182 g/mol. The molecule has 4 heteroatoms. The van der Waals surface area contributed by atoms with Crippen LogP contribution in [0.2, 0.25) is 0 Å². The van der Waals surface area contributed by atoms with E-state index >= 15 is 0 Å². The van der Waals surface area contributed by atoms with Crippen LogP contribution in [0.5, 0.6) is 0 Å². The van der Waals surface area contributed by atoms with Crippen molar-refractivity contribution in [3.8, 4) is 0 Å². The van der Waals surface area contributed by atoms with Gasteiger partial charge < -0.3 is 9.47 Å².